The van der Waals surface area contributed by atoms with Crippen molar-refractivity contribution in [3.63, 3.8) is 0 Å². The van der Waals surface area contributed by atoms with Crippen molar-refractivity contribution in [1.29, 1.82) is 0 Å². The number of anilines is 1. The summed E-state index contributed by atoms with van der Waals surface area (Å²) < 4.78 is 0. The molecule has 0 radical (unpaired) electrons. The van der Waals surface area contributed by atoms with Crippen LogP contribution in [0.5, 0.6) is 0 Å². The van der Waals surface area contributed by atoms with Crippen molar-refractivity contribution in [3.8, 4) is 11.1 Å². The lowest BCUT2D eigenvalue weighted by Crippen LogP contribution is -2.25. The van der Waals surface area contributed by atoms with E-state index < -0.39 is 5.97 Å². The molecule has 25 heavy (non-hydrogen) atoms. The van der Waals surface area contributed by atoms with E-state index in [-0.39, 0.29) is 17.4 Å². The summed E-state index contributed by atoms with van der Waals surface area (Å²) in [5.74, 6) is -0.978. The molecule has 2 aromatic rings. The Morgan fingerprint density at radius 1 is 1.00 bits per heavy atom. The van der Waals surface area contributed by atoms with Crippen LogP contribution in [0.2, 0.25) is 0 Å². The van der Waals surface area contributed by atoms with Crippen LogP contribution in [-0.4, -0.2) is 17.0 Å². The van der Waals surface area contributed by atoms with E-state index in [1.807, 2.05) is 31.2 Å². The number of aryl methyl sites for hydroxylation is 1. The number of aromatic carboxylic acids is 1. The smallest absolute Gasteiger partial charge is 0.335 e. The first-order valence-electron chi connectivity index (χ1n) is 8.80. The lowest BCUT2D eigenvalue weighted by Gasteiger charge is -2.22. The molecule has 1 aliphatic rings. The minimum Gasteiger partial charge on any atom is -0.478 e. The van der Waals surface area contributed by atoms with Crippen LogP contribution < -0.4 is 5.32 Å². The number of carbonyl (C=O) groups is 2. The summed E-state index contributed by atoms with van der Waals surface area (Å²) >= 11 is 0. The van der Waals surface area contributed by atoms with E-state index in [1.54, 1.807) is 18.2 Å². The summed E-state index contributed by atoms with van der Waals surface area (Å²) in [6.45, 7) is 2.01. The van der Waals surface area contributed by atoms with E-state index in [2.05, 4.69) is 5.32 Å². The first-order chi connectivity index (χ1) is 12.1. The Labute approximate surface area is 147 Å². The normalized spacial score (nSPS) is 14.9. The number of carboxylic acids is 1. The molecule has 4 heteroatoms. The predicted molar refractivity (Wildman–Crippen MR) is 98.8 cm³/mol. The van der Waals surface area contributed by atoms with Crippen LogP contribution in [0.4, 0.5) is 5.69 Å². The van der Waals surface area contributed by atoms with Crippen molar-refractivity contribution in [2.75, 3.05) is 5.32 Å². The Balaban J connectivity index is 1.97. The van der Waals surface area contributed by atoms with E-state index in [0.29, 0.717) is 5.69 Å². The number of carboxylic acid groups (broad SMARTS) is 1. The molecule has 1 saturated carbocycles. The van der Waals surface area contributed by atoms with Crippen LogP contribution in [0.1, 0.15) is 48.0 Å². The van der Waals surface area contributed by atoms with Crippen LogP contribution >= 0.6 is 0 Å². The topological polar surface area (TPSA) is 66.4 Å². The fraction of sp³-hybridized carbons (Fsp3) is 0.333. The summed E-state index contributed by atoms with van der Waals surface area (Å²) in [6.07, 6.45) is 5.16. The van der Waals surface area contributed by atoms with E-state index in [9.17, 15) is 14.7 Å². The van der Waals surface area contributed by atoms with Crippen LogP contribution in [0, 0.1) is 12.8 Å². The maximum Gasteiger partial charge on any atom is 0.335 e. The largest absolute Gasteiger partial charge is 0.478 e. The van der Waals surface area contributed by atoms with Crippen molar-refractivity contribution in [3.05, 3.63) is 53.6 Å². The minimum atomic E-state index is -0.996. The number of rotatable bonds is 4. The molecule has 3 rings (SSSR count). The van der Waals surface area contributed by atoms with Gasteiger partial charge in [-0.2, -0.15) is 0 Å². The third-order valence-electron chi connectivity index (χ3n) is 4.94. The molecule has 0 spiro atoms. The molecular formula is C21H23NO3. The fourth-order valence-electron chi connectivity index (χ4n) is 3.49. The van der Waals surface area contributed by atoms with Gasteiger partial charge in [0.1, 0.15) is 0 Å². The molecule has 0 aliphatic heterocycles. The minimum absolute atomic E-state index is 0.00271. The predicted octanol–water partition coefficient (Wildman–Crippen LogP) is 4.88. The average Bonchev–Trinajstić information content (AvgIpc) is 2.63. The highest BCUT2D eigenvalue weighted by Gasteiger charge is 2.22. The van der Waals surface area contributed by atoms with Crippen LogP contribution in [0.25, 0.3) is 11.1 Å². The van der Waals surface area contributed by atoms with Gasteiger partial charge in [0.05, 0.1) is 5.56 Å². The second-order valence-corrected chi connectivity index (χ2v) is 6.70. The lowest BCUT2D eigenvalue weighted by atomic mass is 9.88. The van der Waals surface area contributed by atoms with Gasteiger partial charge in [-0.25, -0.2) is 4.79 Å². The van der Waals surface area contributed by atoms with E-state index in [1.165, 1.54) is 6.42 Å². The Morgan fingerprint density at radius 2 is 1.72 bits per heavy atom. The van der Waals surface area contributed by atoms with Gasteiger partial charge in [-0.15, -0.1) is 0 Å². The summed E-state index contributed by atoms with van der Waals surface area (Å²) in [5, 5.41) is 12.3. The van der Waals surface area contributed by atoms with Crippen molar-refractivity contribution in [2.45, 2.75) is 39.0 Å². The third-order valence-corrected chi connectivity index (χ3v) is 4.94. The molecule has 4 nitrogen and oxygen atoms in total. The maximum atomic E-state index is 12.7. The lowest BCUT2D eigenvalue weighted by molar-refractivity contribution is -0.120. The Bertz CT molecular complexity index is 791. The van der Waals surface area contributed by atoms with Gasteiger partial charge in [0.25, 0.3) is 0 Å². The molecule has 2 N–H and O–H groups in total. The molecule has 0 saturated heterocycles. The molecule has 1 amide bonds. The molecule has 0 unspecified atom stereocenters. The first-order valence-corrected chi connectivity index (χ1v) is 8.80. The molecule has 0 bridgehead atoms. The number of nitrogens with one attached hydrogen (secondary N) is 1. The number of amides is 1. The average molecular weight is 337 g/mol. The standard InChI is InChI=1S/C21H23NO3/c1-14-7-5-6-10-17(14)18-12-11-16(21(24)25)13-19(18)22-20(23)15-8-3-2-4-9-15/h5-7,10-13,15H,2-4,8-9H2,1H3,(H,22,23)(H,24,25). The molecule has 1 aliphatic carbocycles. The van der Waals surface area contributed by atoms with Gasteiger partial charge < -0.3 is 10.4 Å². The van der Waals surface area contributed by atoms with Crippen LogP contribution in [0.3, 0.4) is 0 Å². The summed E-state index contributed by atoms with van der Waals surface area (Å²) in [4.78, 5) is 24.0. The molecule has 0 atom stereocenters. The van der Waals surface area contributed by atoms with Crippen molar-refractivity contribution in [1.82, 2.24) is 0 Å². The zero-order valence-corrected chi connectivity index (χ0v) is 14.4. The fourth-order valence-corrected chi connectivity index (χ4v) is 3.49. The van der Waals surface area contributed by atoms with Crippen molar-refractivity contribution >= 4 is 17.6 Å². The number of hydrogen-bond acceptors (Lipinski definition) is 2. The zero-order valence-electron chi connectivity index (χ0n) is 14.4. The monoisotopic (exact) mass is 337 g/mol. The SMILES string of the molecule is Cc1ccccc1-c1ccc(C(=O)O)cc1NC(=O)C1CCCCC1. The Kier molecular flexibility index (Phi) is 5.17. The molecule has 2 aromatic carbocycles. The van der Waals surface area contributed by atoms with Crippen LogP contribution in [0.15, 0.2) is 42.5 Å². The Hall–Kier alpha value is -2.62. The summed E-state index contributed by atoms with van der Waals surface area (Å²) in [6, 6.07) is 12.8. The first kappa shape index (κ1) is 17.2. The highest BCUT2D eigenvalue weighted by Crippen LogP contribution is 2.33. The second kappa shape index (κ2) is 7.51. The molecular weight excluding hydrogens is 314 g/mol. The van der Waals surface area contributed by atoms with E-state index >= 15 is 0 Å². The molecule has 0 aromatic heterocycles. The van der Waals surface area contributed by atoms with Gasteiger partial charge >= 0.3 is 5.97 Å². The van der Waals surface area contributed by atoms with Crippen molar-refractivity contribution < 1.29 is 14.7 Å². The zero-order chi connectivity index (χ0) is 17.8. The van der Waals surface area contributed by atoms with E-state index in [0.717, 1.165) is 42.4 Å². The van der Waals surface area contributed by atoms with Gasteiger partial charge in [0, 0.05) is 17.2 Å². The van der Waals surface area contributed by atoms with Gasteiger partial charge in [-0.05, 0) is 43.0 Å². The second-order valence-electron chi connectivity index (χ2n) is 6.70. The maximum absolute atomic E-state index is 12.7. The van der Waals surface area contributed by atoms with E-state index in [4.69, 9.17) is 0 Å². The van der Waals surface area contributed by atoms with Crippen molar-refractivity contribution in [2.24, 2.45) is 5.92 Å². The van der Waals surface area contributed by atoms with Gasteiger partial charge in [-0.1, -0.05) is 49.6 Å². The molecule has 1 fully saturated rings. The number of benzene rings is 2. The highest BCUT2D eigenvalue weighted by atomic mass is 16.4. The van der Waals surface area contributed by atoms with Gasteiger partial charge in [0.15, 0.2) is 0 Å². The third kappa shape index (κ3) is 3.90. The highest BCUT2D eigenvalue weighted by molar-refractivity contribution is 5.99. The quantitative estimate of drug-likeness (QED) is 0.835. The number of hydrogen-bond donors (Lipinski definition) is 2. The molecule has 130 valence electrons. The van der Waals surface area contributed by atoms with Gasteiger partial charge in [0.2, 0.25) is 5.91 Å². The summed E-state index contributed by atoms with van der Waals surface area (Å²) in [7, 11) is 0. The van der Waals surface area contributed by atoms with Gasteiger partial charge in [-0.3, -0.25) is 4.79 Å². The number of carbonyl (C=O) groups excluding carboxylic acids is 1. The van der Waals surface area contributed by atoms with Crippen LogP contribution in [-0.2, 0) is 4.79 Å². The molecule has 0 heterocycles. The summed E-state index contributed by atoms with van der Waals surface area (Å²) in [5.41, 5.74) is 3.69. The Morgan fingerprint density at radius 3 is 2.40 bits per heavy atom.